The number of nitrogens with zero attached hydrogens (tertiary/aromatic N) is 3. The third-order valence-corrected chi connectivity index (χ3v) is 8.78. The summed E-state index contributed by atoms with van der Waals surface area (Å²) in [6.45, 7) is 16.3. The Morgan fingerprint density at radius 3 is 1.55 bits per heavy atom. The Labute approximate surface area is 262 Å². The van der Waals surface area contributed by atoms with Gasteiger partial charge in [0, 0.05) is 57.4 Å². The number of anilines is 1. The van der Waals surface area contributed by atoms with Gasteiger partial charge in [-0.1, -0.05) is 45.0 Å². The lowest BCUT2D eigenvalue weighted by Gasteiger charge is -2.21. The van der Waals surface area contributed by atoms with Crippen LogP contribution in [0.2, 0.25) is 0 Å². The molecule has 6 aromatic rings. The molecule has 3 aromatic heterocycles. The molecule has 6 rings (SSSR count). The molecule has 1 N–H and O–H groups in total. The van der Waals surface area contributed by atoms with E-state index in [1.807, 2.05) is 0 Å². The minimum atomic E-state index is 0.709. The highest BCUT2D eigenvalue weighted by atomic mass is 15.0. The van der Waals surface area contributed by atoms with Crippen molar-refractivity contribution in [2.45, 2.75) is 74.3 Å². The van der Waals surface area contributed by atoms with Gasteiger partial charge in [-0.05, 0) is 94.5 Å². The van der Waals surface area contributed by atoms with Crippen LogP contribution in [-0.2, 0) is 25.8 Å². The van der Waals surface area contributed by atoms with Gasteiger partial charge < -0.3 is 5.32 Å². The first kappa shape index (κ1) is 29.5. The average Bonchev–Trinajstić information content (AvgIpc) is 3.01. The molecular weight excluding hydrogens is 536 g/mol. The van der Waals surface area contributed by atoms with E-state index in [2.05, 4.69) is 148 Å². The van der Waals surface area contributed by atoms with Gasteiger partial charge in [0.1, 0.15) is 5.82 Å². The van der Waals surface area contributed by atoms with Crippen molar-refractivity contribution in [2.75, 3.05) is 5.32 Å². The smallest absolute Gasteiger partial charge is 0.224 e. The molecule has 222 valence electrons. The summed E-state index contributed by atoms with van der Waals surface area (Å²) in [4.78, 5) is 4.84. The standard InChI is InChI=1S/C40H44N4/c1-8-32-35(23-41-38-22-26(4)19-29(7)42-38)33(9-2)40(44-25-28(6)21-31-16-12-14-18-37(31)44)34(10-3)39(32)43-24-27(5)20-30-15-11-13-17-36(30)43/h11-22,24-25H,8-10,23H2,1-7H3,(H,41,42)/q+2. The zero-order chi connectivity index (χ0) is 31.0. The summed E-state index contributed by atoms with van der Waals surface area (Å²) in [5.41, 5.74) is 15.4. The molecule has 0 saturated heterocycles. The Morgan fingerprint density at radius 2 is 1.07 bits per heavy atom. The SMILES string of the molecule is CCc1c(CNc2cc(C)cc(C)n2)c(CC)c(-[n+]2cc(C)cc3ccccc32)c(CC)c1-[n+]1cc(C)cc2ccccc21. The van der Waals surface area contributed by atoms with Crippen LogP contribution >= 0.6 is 0 Å². The summed E-state index contributed by atoms with van der Waals surface area (Å²) in [5, 5.41) is 6.26. The lowest BCUT2D eigenvalue weighted by atomic mass is 9.88. The van der Waals surface area contributed by atoms with Gasteiger partial charge in [0.05, 0.1) is 5.56 Å². The lowest BCUT2D eigenvalue weighted by molar-refractivity contribution is -0.578. The molecule has 0 atom stereocenters. The Hall–Kier alpha value is -4.57. The Morgan fingerprint density at radius 1 is 0.568 bits per heavy atom. The van der Waals surface area contributed by atoms with Crippen LogP contribution in [0.15, 0.2) is 85.2 Å². The van der Waals surface area contributed by atoms with E-state index in [1.54, 1.807) is 0 Å². The zero-order valence-corrected chi connectivity index (χ0v) is 27.3. The van der Waals surface area contributed by atoms with Gasteiger partial charge in [0.15, 0.2) is 12.4 Å². The van der Waals surface area contributed by atoms with Crippen LogP contribution in [0.5, 0.6) is 0 Å². The van der Waals surface area contributed by atoms with Crippen molar-refractivity contribution in [1.82, 2.24) is 4.98 Å². The van der Waals surface area contributed by atoms with Crippen molar-refractivity contribution in [1.29, 1.82) is 0 Å². The maximum Gasteiger partial charge on any atom is 0.224 e. The van der Waals surface area contributed by atoms with E-state index in [0.29, 0.717) is 6.54 Å². The summed E-state index contributed by atoms with van der Waals surface area (Å²) in [6, 6.07) is 26.4. The van der Waals surface area contributed by atoms with E-state index >= 15 is 0 Å². The Kier molecular flexibility index (Phi) is 8.18. The molecule has 0 radical (unpaired) electrons. The van der Waals surface area contributed by atoms with Crippen molar-refractivity contribution in [3.05, 3.63) is 130 Å². The number of aryl methyl sites for hydroxylation is 4. The quantitative estimate of drug-likeness (QED) is 0.183. The lowest BCUT2D eigenvalue weighted by Crippen LogP contribution is -2.41. The van der Waals surface area contributed by atoms with E-state index in [0.717, 1.165) is 30.8 Å². The number of hydrogen-bond donors (Lipinski definition) is 1. The second-order valence-electron chi connectivity index (χ2n) is 12.1. The largest absolute Gasteiger partial charge is 0.366 e. The van der Waals surface area contributed by atoms with Crippen LogP contribution < -0.4 is 14.5 Å². The van der Waals surface area contributed by atoms with Gasteiger partial charge in [0.2, 0.25) is 22.4 Å². The highest BCUT2D eigenvalue weighted by molar-refractivity contribution is 5.78. The van der Waals surface area contributed by atoms with Crippen LogP contribution in [0.4, 0.5) is 5.82 Å². The van der Waals surface area contributed by atoms with Gasteiger partial charge in [-0.25, -0.2) is 4.98 Å². The monoisotopic (exact) mass is 580 g/mol. The van der Waals surface area contributed by atoms with Crippen molar-refractivity contribution in [3.8, 4) is 11.4 Å². The summed E-state index contributed by atoms with van der Waals surface area (Å²) in [7, 11) is 0. The predicted molar refractivity (Wildman–Crippen MR) is 183 cm³/mol. The van der Waals surface area contributed by atoms with Gasteiger partial charge in [-0.3, -0.25) is 0 Å². The number of hydrogen-bond acceptors (Lipinski definition) is 2. The molecule has 4 heteroatoms. The molecule has 0 aliphatic heterocycles. The first-order chi connectivity index (χ1) is 21.3. The molecule has 0 saturated carbocycles. The zero-order valence-electron chi connectivity index (χ0n) is 27.3. The first-order valence-electron chi connectivity index (χ1n) is 16.0. The van der Waals surface area contributed by atoms with Gasteiger partial charge >= 0.3 is 0 Å². The third-order valence-electron chi connectivity index (χ3n) is 8.78. The Bertz CT molecular complexity index is 1890. The van der Waals surface area contributed by atoms with Crippen molar-refractivity contribution in [2.24, 2.45) is 0 Å². The summed E-state index contributed by atoms with van der Waals surface area (Å²) < 4.78 is 4.95. The van der Waals surface area contributed by atoms with Crippen LogP contribution in [0, 0.1) is 27.7 Å². The summed E-state index contributed by atoms with van der Waals surface area (Å²) in [5.74, 6) is 0.927. The van der Waals surface area contributed by atoms with E-state index in [1.165, 1.54) is 72.1 Å². The molecule has 0 fully saturated rings. The predicted octanol–water partition coefficient (Wildman–Crippen LogP) is 8.47. The van der Waals surface area contributed by atoms with Crippen LogP contribution in [0.25, 0.3) is 33.2 Å². The molecule has 0 aliphatic carbocycles. The van der Waals surface area contributed by atoms with Crippen LogP contribution in [0.3, 0.4) is 0 Å². The Balaban J connectivity index is 1.74. The molecule has 0 spiro atoms. The normalized spacial score (nSPS) is 11.4. The van der Waals surface area contributed by atoms with Gasteiger partial charge in [0.25, 0.3) is 0 Å². The maximum absolute atomic E-state index is 4.84. The highest BCUT2D eigenvalue weighted by Gasteiger charge is 2.34. The number of aromatic nitrogens is 3. The molecule has 0 amide bonds. The number of pyridine rings is 3. The van der Waals surface area contributed by atoms with Crippen molar-refractivity contribution >= 4 is 27.6 Å². The minimum absolute atomic E-state index is 0.709. The number of para-hydroxylation sites is 2. The topological polar surface area (TPSA) is 32.7 Å². The molecule has 0 bridgehead atoms. The van der Waals surface area contributed by atoms with Crippen LogP contribution in [0.1, 0.15) is 65.4 Å². The van der Waals surface area contributed by atoms with E-state index < -0.39 is 0 Å². The van der Waals surface area contributed by atoms with E-state index in [9.17, 15) is 0 Å². The van der Waals surface area contributed by atoms with E-state index in [4.69, 9.17) is 4.98 Å². The summed E-state index contributed by atoms with van der Waals surface area (Å²) in [6.07, 6.45) is 7.44. The minimum Gasteiger partial charge on any atom is -0.366 e. The highest BCUT2D eigenvalue weighted by Crippen LogP contribution is 2.33. The number of rotatable bonds is 8. The fourth-order valence-electron chi connectivity index (χ4n) is 7.09. The number of fused-ring (bicyclic) bond motifs is 2. The third kappa shape index (κ3) is 5.34. The molecule has 3 aromatic carbocycles. The molecule has 4 nitrogen and oxygen atoms in total. The molecule has 0 aliphatic rings. The molecule has 3 heterocycles. The molecule has 44 heavy (non-hydrogen) atoms. The fraction of sp³-hybridized carbons (Fsp3) is 0.275. The molecular formula is C40H44N4+2. The number of benzene rings is 3. The van der Waals surface area contributed by atoms with Crippen molar-refractivity contribution < 1.29 is 9.13 Å². The number of nitrogens with one attached hydrogen (secondary N) is 1. The maximum atomic E-state index is 4.84. The van der Waals surface area contributed by atoms with Gasteiger partial charge in [-0.15, -0.1) is 0 Å². The second-order valence-corrected chi connectivity index (χ2v) is 12.1. The average molecular weight is 581 g/mol. The van der Waals surface area contributed by atoms with E-state index in [-0.39, 0.29) is 0 Å². The molecule has 0 unspecified atom stereocenters. The fourth-order valence-corrected chi connectivity index (χ4v) is 7.09. The van der Waals surface area contributed by atoms with Crippen LogP contribution in [-0.4, -0.2) is 4.98 Å². The second kappa shape index (κ2) is 12.2. The van der Waals surface area contributed by atoms with Gasteiger partial charge in [-0.2, -0.15) is 9.13 Å². The van der Waals surface area contributed by atoms with Crippen molar-refractivity contribution in [3.63, 3.8) is 0 Å². The summed E-state index contributed by atoms with van der Waals surface area (Å²) >= 11 is 0. The first-order valence-corrected chi connectivity index (χ1v) is 16.0.